The number of aryl methyl sites for hydroxylation is 1. The van der Waals surface area contributed by atoms with Crippen molar-refractivity contribution in [1.29, 1.82) is 5.26 Å². The number of nitrogens with zero attached hydrogens (tertiary/aromatic N) is 3. The van der Waals surface area contributed by atoms with Crippen molar-refractivity contribution in [3.63, 3.8) is 0 Å². The summed E-state index contributed by atoms with van der Waals surface area (Å²) in [5.41, 5.74) is 2.50. The molecule has 2 aliphatic rings. The lowest BCUT2D eigenvalue weighted by Crippen LogP contribution is -2.19. The highest BCUT2D eigenvalue weighted by Crippen LogP contribution is 2.39. The molecule has 1 saturated carbocycles. The molecule has 0 saturated heterocycles. The van der Waals surface area contributed by atoms with Crippen LogP contribution in [0.3, 0.4) is 0 Å². The Bertz CT molecular complexity index is 857. The first-order valence-electron chi connectivity index (χ1n) is 8.25. The number of aromatic nitrogens is 2. The van der Waals surface area contributed by atoms with Crippen molar-refractivity contribution in [2.45, 2.75) is 35.7 Å². The zero-order chi connectivity index (χ0) is 17.2. The summed E-state index contributed by atoms with van der Waals surface area (Å²) in [7, 11) is 0. The van der Waals surface area contributed by atoms with Crippen LogP contribution in [-0.2, 0) is 11.2 Å². The van der Waals surface area contributed by atoms with E-state index in [4.69, 9.17) is 5.26 Å². The Morgan fingerprint density at radius 1 is 1.28 bits per heavy atom. The van der Waals surface area contributed by atoms with Gasteiger partial charge in [-0.1, -0.05) is 6.42 Å². The third-order valence-corrected chi connectivity index (χ3v) is 6.43. The van der Waals surface area contributed by atoms with Gasteiger partial charge >= 0.3 is 0 Å². The first-order chi connectivity index (χ1) is 12.2. The average molecular weight is 368 g/mol. The van der Waals surface area contributed by atoms with Gasteiger partial charge in [-0.3, -0.25) is 4.79 Å². The molecule has 25 heavy (non-hydrogen) atoms. The lowest BCUT2D eigenvalue weighted by atomic mass is 9.87. The zero-order valence-corrected chi connectivity index (χ0v) is 15.1. The van der Waals surface area contributed by atoms with Gasteiger partial charge in [-0.15, -0.1) is 11.8 Å². The predicted octanol–water partition coefficient (Wildman–Crippen LogP) is 4.16. The number of anilines is 2. The van der Waals surface area contributed by atoms with Gasteiger partial charge in [-0.2, -0.15) is 5.26 Å². The summed E-state index contributed by atoms with van der Waals surface area (Å²) in [5.74, 6) is 1.91. The maximum absolute atomic E-state index is 12.3. The second kappa shape index (κ2) is 7.06. The molecule has 5 nitrogen and oxygen atoms in total. The molecule has 0 spiro atoms. The molecule has 1 N–H and O–H groups in total. The molecule has 7 heteroatoms. The number of nitriles is 1. The summed E-state index contributed by atoms with van der Waals surface area (Å²) >= 11 is 2.91. The monoisotopic (exact) mass is 368 g/mol. The molecule has 1 aliphatic heterocycles. The Morgan fingerprint density at radius 3 is 2.76 bits per heavy atom. The standard InChI is InChI=1S/C18H16N4OS2/c19-10-11-4-6-13(7-5-11)20-16-15-14(8-9-24-15)21-18(22-16)25-17(23)12-2-1-3-12/h4-7,12H,1-3,8-9H2,(H,20,21,22). The smallest absolute Gasteiger partial charge is 0.199 e. The van der Waals surface area contributed by atoms with Gasteiger partial charge in [0.2, 0.25) is 0 Å². The molecule has 4 rings (SSSR count). The molecule has 0 unspecified atom stereocenters. The zero-order valence-electron chi connectivity index (χ0n) is 13.5. The second-order valence-corrected chi connectivity index (χ2v) is 8.17. The molecule has 2 aromatic rings. The van der Waals surface area contributed by atoms with E-state index in [0.717, 1.165) is 53.5 Å². The first-order valence-corrected chi connectivity index (χ1v) is 10.1. The van der Waals surface area contributed by atoms with E-state index >= 15 is 0 Å². The third kappa shape index (κ3) is 3.51. The van der Waals surface area contributed by atoms with E-state index in [0.29, 0.717) is 10.7 Å². The maximum Gasteiger partial charge on any atom is 0.199 e. The number of thioether (sulfide) groups is 2. The van der Waals surface area contributed by atoms with Crippen molar-refractivity contribution in [3.8, 4) is 6.07 Å². The van der Waals surface area contributed by atoms with E-state index in [2.05, 4.69) is 21.4 Å². The van der Waals surface area contributed by atoms with E-state index in [9.17, 15) is 4.79 Å². The van der Waals surface area contributed by atoms with Crippen molar-refractivity contribution in [3.05, 3.63) is 35.5 Å². The van der Waals surface area contributed by atoms with Gasteiger partial charge in [-0.05, 0) is 48.9 Å². The maximum atomic E-state index is 12.3. The van der Waals surface area contributed by atoms with Crippen LogP contribution >= 0.6 is 23.5 Å². The van der Waals surface area contributed by atoms with E-state index in [1.54, 1.807) is 23.9 Å². The Labute approximate surface area is 154 Å². The molecule has 0 bridgehead atoms. The third-order valence-electron chi connectivity index (χ3n) is 4.41. The van der Waals surface area contributed by atoms with Crippen LogP contribution in [0.2, 0.25) is 0 Å². The Hall–Kier alpha value is -2.04. The summed E-state index contributed by atoms with van der Waals surface area (Å²) in [4.78, 5) is 22.5. The average Bonchev–Trinajstić information content (AvgIpc) is 3.02. The summed E-state index contributed by atoms with van der Waals surface area (Å²) < 4.78 is 0. The number of carbonyl (C=O) groups excluding carboxylic acids is 1. The highest BCUT2D eigenvalue weighted by atomic mass is 32.2. The number of hydrogen-bond acceptors (Lipinski definition) is 7. The minimum atomic E-state index is 0.172. The van der Waals surface area contributed by atoms with Crippen LogP contribution in [0.15, 0.2) is 34.3 Å². The minimum absolute atomic E-state index is 0.172. The van der Waals surface area contributed by atoms with Crippen molar-refractivity contribution in [1.82, 2.24) is 9.97 Å². The molecule has 126 valence electrons. The number of carbonyl (C=O) groups is 1. The highest BCUT2D eigenvalue weighted by Gasteiger charge is 2.28. The van der Waals surface area contributed by atoms with Crippen LogP contribution < -0.4 is 5.32 Å². The van der Waals surface area contributed by atoms with Crippen LogP contribution in [0.1, 0.15) is 30.5 Å². The summed E-state index contributed by atoms with van der Waals surface area (Å²) in [5, 5.41) is 12.9. The van der Waals surface area contributed by atoms with E-state index < -0.39 is 0 Å². The van der Waals surface area contributed by atoms with E-state index in [1.165, 1.54) is 11.8 Å². The minimum Gasteiger partial charge on any atom is -0.339 e. The molecule has 0 radical (unpaired) electrons. The predicted molar refractivity (Wildman–Crippen MR) is 99.1 cm³/mol. The molecule has 1 aromatic heterocycles. The molecule has 0 atom stereocenters. The quantitative estimate of drug-likeness (QED) is 0.641. The van der Waals surface area contributed by atoms with E-state index in [-0.39, 0.29) is 11.0 Å². The Kier molecular flexibility index (Phi) is 4.64. The van der Waals surface area contributed by atoms with Crippen LogP contribution in [0.5, 0.6) is 0 Å². The molecule has 1 aromatic carbocycles. The topological polar surface area (TPSA) is 78.7 Å². The van der Waals surface area contributed by atoms with Gasteiger partial charge < -0.3 is 5.32 Å². The number of fused-ring (bicyclic) bond motifs is 1. The van der Waals surface area contributed by atoms with Crippen LogP contribution in [0.25, 0.3) is 0 Å². The van der Waals surface area contributed by atoms with Crippen molar-refractivity contribution in [2.75, 3.05) is 11.1 Å². The van der Waals surface area contributed by atoms with Crippen molar-refractivity contribution in [2.24, 2.45) is 5.92 Å². The molecule has 1 aliphatic carbocycles. The van der Waals surface area contributed by atoms with Gasteiger partial charge in [-0.25, -0.2) is 9.97 Å². The molecular weight excluding hydrogens is 352 g/mol. The lowest BCUT2D eigenvalue weighted by molar-refractivity contribution is -0.116. The Balaban J connectivity index is 1.59. The molecule has 1 fully saturated rings. The normalized spacial score (nSPS) is 16.0. The number of nitrogens with one attached hydrogen (secondary N) is 1. The van der Waals surface area contributed by atoms with Crippen LogP contribution in [-0.4, -0.2) is 20.8 Å². The second-order valence-electron chi connectivity index (χ2n) is 6.09. The molecular formula is C18H16N4OS2. The largest absolute Gasteiger partial charge is 0.339 e. The number of rotatable bonds is 4. The van der Waals surface area contributed by atoms with Crippen LogP contribution in [0, 0.1) is 17.2 Å². The van der Waals surface area contributed by atoms with Crippen molar-refractivity contribution >= 4 is 40.1 Å². The van der Waals surface area contributed by atoms with Gasteiger partial charge in [0.1, 0.15) is 5.82 Å². The highest BCUT2D eigenvalue weighted by molar-refractivity contribution is 8.13. The van der Waals surface area contributed by atoms with Crippen molar-refractivity contribution < 1.29 is 4.79 Å². The Morgan fingerprint density at radius 2 is 2.08 bits per heavy atom. The number of benzene rings is 1. The summed E-state index contributed by atoms with van der Waals surface area (Å²) in [6, 6.07) is 9.37. The fourth-order valence-electron chi connectivity index (χ4n) is 2.76. The summed E-state index contributed by atoms with van der Waals surface area (Å²) in [6.07, 6.45) is 4.02. The SMILES string of the molecule is N#Cc1ccc(Nc2nc(SC(=O)C3CCC3)nc3c2SCC3)cc1. The van der Waals surface area contributed by atoms with Gasteiger partial charge in [0, 0.05) is 23.8 Å². The first kappa shape index (κ1) is 16.4. The fraction of sp³-hybridized carbons (Fsp3) is 0.333. The van der Waals surface area contributed by atoms with Gasteiger partial charge in [0.05, 0.1) is 22.2 Å². The number of hydrogen-bond donors (Lipinski definition) is 1. The van der Waals surface area contributed by atoms with Gasteiger partial charge in [0.25, 0.3) is 0 Å². The van der Waals surface area contributed by atoms with Gasteiger partial charge in [0.15, 0.2) is 10.3 Å². The summed E-state index contributed by atoms with van der Waals surface area (Å²) in [6.45, 7) is 0. The molecule has 0 amide bonds. The lowest BCUT2D eigenvalue weighted by Gasteiger charge is -2.22. The van der Waals surface area contributed by atoms with Crippen LogP contribution in [0.4, 0.5) is 11.5 Å². The fourth-order valence-corrected chi connectivity index (χ4v) is 4.68. The van der Waals surface area contributed by atoms with E-state index in [1.807, 2.05) is 12.1 Å². The molecule has 2 heterocycles.